The van der Waals surface area contributed by atoms with Gasteiger partial charge in [0, 0.05) is 18.1 Å². The van der Waals surface area contributed by atoms with E-state index in [1.807, 2.05) is 0 Å². The van der Waals surface area contributed by atoms with Gasteiger partial charge in [-0.3, -0.25) is 4.79 Å². The lowest BCUT2D eigenvalue weighted by Gasteiger charge is -2.44. The zero-order valence-corrected chi connectivity index (χ0v) is 21.7. The first-order chi connectivity index (χ1) is 19.9. The highest BCUT2D eigenvalue weighted by Crippen LogP contribution is 2.42. The number of carbonyl (C=O) groups excluding carboxylic acids is 1. The van der Waals surface area contributed by atoms with Crippen molar-refractivity contribution in [2.75, 3.05) is 13.2 Å². The van der Waals surface area contributed by atoms with Crippen molar-refractivity contribution in [3.63, 3.8) is 0 Å². The van der Waals surface area contributed by atoms with Crippen molar-refractivity contribution < 1.29 is 74.8 Å². The van der Waals surface area contributed by atoms with E-state index in [-0.39, 0.29) is 34.4 Å². The van der Waals surface area contributed by atoms with Crippen LogP contribution in [0.5, 0.6) is 23.0 Å². The van der Waals surface area contributed by atoms with E-state index in [2.05, 4.69) is 0 Å². The lowest BCUT2D eigenvalue weighted by atomic mass is 9.85. The van der Waals surface area contributed by atoms with Crippen molar-refractivity contribution in [1.82, 2.24) is 0 Å². The molecule has 15 nitrogen and oxygen atoms in total. The first-order valence-electron chi connectivity index (χ1n) is 12.9. The minimum atomic E-state index is -1.86. The molecule has 0 spiro atoms. The number of benzene rings is 2. The topological polar surface area (TPSA) is 256 Å². The average Bonchev–Trinajstić information content (AvgIpc) is 2.94. The number of Topliss-reactive ketones (excluding diaryl/α,β-unsaturated/α-hetero) is 1. The molecule has 1 aliphatic carbocycles. The van der Waals surface area contributed by atoms with Crippen molar-refractivity contribution in [1.29, 1.82) is 0 Å². The number of aromatic hydroxyl groups is 4. The van der Waals surface area contributed by atoms with Crippen LogP contribution in [0, 0.1) is 0 Å². The predicted molar refractivity (Wildman–Crippen MR) is 136 cm³/mol. The molecule has 2 saturated heterocycles. The van der Waals surface area contributed by atoms with Crippen molar-refractivity contribution in [3.05, 3.63) is 52.8 Å². The number of fused-ring (bicyclic) bond motifs is 1. The van der Waals surface area contributed by atoms with Crippen LogP contribution in [0.3, 0.4) is 0 Å². The zero-order chi connectivity index (χ0) is 30.5. The Morgan fingerprint density at radius 3 is 2.26 bits per heavy atom. The highest BCUT2D eigenvalue weighted by molar-refractivity contribution is 6.16. The molecule has 2 aromatic carbocycles. The molecule has 0 radical (unpaired) electrons. The maximum atomic E-state index is 13.8. The Kier molecular flexibility index (Phi) is 8.30. The summed E-state index contributed by atoms with van der Waals surface area (Å²) in [6.45, 7) is -1.26. The first-order valence-corrected chi connectivity index (χ1v) is 12.9. The number of aliphatic hydroxyl groups is 6. The Hall–Kier alpha value is -3.51. The quantitative estimate of drug-likeness (QED) is 0.161. The largest absolute Gasteiger partial charge is 0.508 e. The Labute approximate surface area is 237 Å². The fourth-order valence-corrected chi connectivity index (χ4v) is 5.13. The standard InChI is InChI=1S/C27H30O15/c28-7-17-20(35)22(37)25(42-26-23(38)19(34)16(33)8-39-26)27(40-17)41-24-12(9-1-2-13(30)14(31)5-9)4-10-3-11(29)6-15(32)18(10)21(24)36/h1-3,5-6,16-17,19-20,22-23,25-35,37-38H,4,7-8H2. The summed E-state index contributed by atoms with van der Waals surface area (Å²) in [6, 6.07) is 5.84. The van der Waals surface area contributed by atoms with Gasteiger partial charge in [0.2, 0.25) is 12.1 Å². The van der Waals surface area contributed by atoms with Gasteiger partial charge in [0.25, 0.3) is 0 Å². The van der Waals surface area contributed by atoms with Crippen molar-refractivity contribution in [3.8, 4) is 23.0 Å². The maximum absolute atomic E-state index is 13.8. The van der Waals surface area contributed by atoms with Crippen LogP contribution in [0.1, 0.15) is 21.5 Å². The van der Waals surface area contributed by atoms with Crippen LogP contribution < -0.4 is 0 Å². The minimum absolute atomic E-state index is 0.0869. The number of ether oxygens (including phenoxy) is 4. The fourth-order valence-electron chi connectivity index (χ4n) is 5.13. The van der Waals surface area contributed by atoms with E-state index in [4.69, 9.17) is 18.9 Å². The number of allylic oxidation sites excluding steroid dienone is 2. The van der Waals surface area contributed by atoms with E-state index in [1.165, 1.54) is 12.1 Å². The molecule has 15 heteroatoms. The molecule has 5 rings (SSSR count). The van der Waals surface area contributed by atoms with Gasteiger partial charge in [-0.15, -0.1) is 0 Å². The van der Waals surface area contributed by atoms with E-state index >= 15 is 0 Å². The third kappa shape index (κ3) is 5.37. The van der Waals surface area contributed by atoms with E-state index in [0.29, 0.717) is 0 Å². The summed E-state index contributed by atoms with van der Waals surface area (Å²) >= 11 is 0. The van der Waals surface area contributed by atoms with Gasteiger partial charge < -0.3 is 70.0 Å². The van der Waals surface area contributed by atoms with Crippen LogP contribution in [-0.2, 0) is 25.4 Å². The van der Waals surface area contributed by atoms with E-state index in [0.717, 1.165) is 18.2 Å². The molecule has 2 heterocycles. The molecule has 9 unspecified atom stereocenters. The molecule has 2 aromatic rings. The van der Waals surface area contributed by atoms with Gasteiger partial charge in [0.15, 0.2) is 29.7 Å². The number of rotatable bonds is 6. The number of phenolic OH excluding ortho intramolecular Hbond substituents is 4. The Morgan fingerprint density at radius 1 is 0.833 bits per heavy atom. The molecular weight excluding hydrogens is 564 g/mol. The summed E-state index contributed by atoms with van der Waals surface area (Å²) < 4.78 is 22.5. The summed E-state index contributed by atoms with van der Waals surface area (Å²) in [5.41, 5.74) is 0.228. The van der Waals surface area contributed by atoms with Crippen LogP contribution in [0.15, 0.2) is 36.1 Å². The smallest absolute Gasteiger partial charge is 0.232 e. The molecule has 0 saturated carbocycles. The molecule has 2 aliphatic heterocycles. The molecule has 228 valence electrons. The molecule has 3 aliphatic rings. The van der Waals surface area contributed by atoms with E-state index in [9.17, 15) is 55.9 Å². The molecule has 9 atom stereocenters. The molecule has 2 fully saturated rings. The van der Waals surface area contributed by atoms with Gasteiger partial charge in [0.1, 0.15) is 48.1 Å². The van der Waals surface area contributed by atoms with Gasteiger partial charge >= 0.3 is 0 Å². The molecule has 10 N–H and O–H groups in total. The normalized spacial score (nSPS) is 33.4. The highest BCUT2D eigenvalue weighted by Gasteiger charge is 2.50. The van der Waals surface area contributed by atoms with Crippen LogP contribution in [0.4, 0.5) is 0 Å². The fraction of sp³-hybridized carbons (Fsp3) is 0.444. The SMILES string of the molecule is O=C1C(OC2OC(CO)C(O)C(O)C2OC2OCC(O)C(O)C2O)=C(c2ccc(O)c(O)c2)Cc2cc(O)cc(O)c21. The minimum Gasteiger partial charge on any atom is -0.508 e. The van der Waals surface area contributed by atoms with Crippen LogP contribution in [0.25, 0.3) is 5.57 Å². The zero-order valence-electron chi connectivity index (χ0n) is 21.7. The number of phenols is 4. The lowest BCUT2D eigenvalue weighted by Crippen LogP contribution is -2.63. The number of aliphatic hydroxyl groups excluding tert-OH is 6. The van der Waals surface area contributed by atoms with Crippen LogP contribution in [-0.4, -0.2) is 125 Å². The second-order valence-electron chi connectivity index (χ2n) is 10.2. The molecule has 42 heavy (non-hydrogen) atoms. The Morgan fingerprint density at radius 2 is 1.57 bits per heavy atom. The third-order valence-electron chi connectivity index (χ3n) is 7.39. The number of ketones is 1. The summed E-state index contributed by atoms with van der Waals surface area (Å²) in [6.07, 6.45) is -15.3. The predicted octanol–water partition coefficient (Wildman–Crippen LogP) is -2.06. The van der Waals surface area contributed by atoms with Gasteiger partial charge in [-0.1, -0.05) is 6.07 Å². The van der Waals surface area contributed by atoms with Crippen molar-refractivity contribution in [2.45, 2.75) is 61.7 Å². The Balaban J connectivity index is 1.57. The van der Waals surface area contributed by atoms with E-state index in [1.54, 1.807) is 0 Å². The van der Waals surface area contributed by atoms with Gasteiger partial charge in [0.05, 0.1) is 18.8 Å². The lowest BCUT2D eigenvalue weighted by molar-refractivity contribution is -0.351. The number of carbonyl (C=O) groups is 1. The number of hydrogen-bond donors (Lipinski definition) is 10. The molecule has 0 aromatic heterocycles. The summed E-state index contributed by atoms with van der Waals surface area (Å²) in [7, 11) is 0. The average molecular weight is 595 g/mol. The van der Waals surface area contributed by atoms with Gasteiger partial charge in [-0.2, -0.15) is 0 Å². The van der Waals surface area contributed by atoms with Crippen molar-refractivity contribution in [2.24, 2.45) is 0 Å². The van der Waals surface area contributed by atoms with Crippen LogP contribution in [0.2, 0.25) is 0 Å². The summed E-state index contributed by atoms with van der Waals surface area (Å²) in [4.78, 5) is 13.8. The Bertz CT molecular complexity index is 1380. The molecular formula is C27H30O15. The first kappa shape index (κ1) is 30.0. The van der Waals surface area contributed by atoms with Gasteiger partial charge in [-0.05, 0) is 29.3 Å². The number of hydrogen-bond acceptors (Lipinski definition) is 15. The van der Waals surface area contributed by atoms with E-state index < -0.39 is 97.3 Å². The third-order valence-corrected chi connectivity index (χ3v) is 7.39. The molecule has 0 bridgehead atoms. The monoisotopic (exact) mass is 594 g/mol. The van der Waals surface area contributed by atoms with Crippen molar-refractivity contribution >= 4 is 11.4 Å². The summed E-state index contributed by atoms with van der Waals surface area (Å²) in [5, 5.41) is 102. The molecule has 0 amide bonds. The summed E-state index contributed by atoms with van der Waals surface area (Å²) in [5.74, 6) is -3.28. The second-order valence-corrected chi connectivity index (χ2v) is 10.2. The van der Waals surface area contributed by atoms with Crippen LogP contribution >= 0.6 is 0 Å². The van der Waals surface area contributed by atoms with Gasteiger partial charge in [-0.25, -0.2) is 0 Å². The highest BCUT2D eigenvalue weighted by atomic mass is 16.8. The second kappa shape index (κ2) is 11.6. The maximum Gasteiger partial charge on any atom is 0.232 e.